The predicted molar refractivity (Wildman–Crippen MR) is 96.2 cm³/mol. The van der Waals surface area contributed by atoms with E-state index in [1.165, 1.54) is 61.4 Å². The molecule has 21 heavy (non-hydrogen) atoms. The van der Waals surface area contributed by atoms with E-state index in [0.717, 1.165) is 12.8 Å². The Morgan fingerprint density at radius 2 is 1.62 bits per heavy atom. The summed E-state index contributed by atoms with van der Waals surface area (Å²) in [6, 6.07) is 8.78. The van der Waals surface area contributed by atoms with Gasteiger partial charge in [-0.15, -0.1) is 0 Å². The van der Waals surface area contributed by atoms with Crippen LogP contribution in [-0.2, 0) is 6.42 Å². The lowest BCUT2D eigenvalue weighted by atomic mass is 10.00. The molecule has 3 N–H and O–H groups in total. The molecular weight excluding hydrogens is 324 g/mol. The first-order valence-corrected chi connectivity index (χ1v) is 9.26. The number of hydrogen-bond donors (Lipinski definition) is 2. The molecule has 1 unspecified atom stereocenters. The lowest BCUT2D eigenvalue weighted by Crippen LogP contribution is -2.36. The minimum Gasteiger partial charge on any atom is -0.271 e. The van der Waals surface area contributed by atoms with E-state index in [-0.39, 0.29) is 0 Å². The Morgan fingerprint density at radius 3 is 2.24 bits per heavy atom. The Morgan fingerprint density at radius 1 is 1.00 bits per heavy atom. The Bertz CT molecular complexity index is 368. The van der Waals surface area contributed by atoms with Gasteiger partial charge in [-0.05, 0) is 24.5 Å². The number of nitrogens with two attached hydrogens (primary N) is 1. The van der Waals surface area contributed by atoms with Gasteiger partial charge in [-0.1, -0.05) is 92.4 Å². The molecule has 3 heteroatoms. The average molecular weight is 355 g/mol. The first-order valence-electron chi connectivity index (χ1n) is 8.47. The number of benzene rings is 1. The third kappa shape index (κ3) is 8.60. The Hall–Kier alpha value is -0.380. The van der Waals surface area contributed by atoms with Crippen molar-refractivity contribution in [2.24, 2.45) is 5.84 Å². The highest BCUT2D eigenvalue weighted by molar-refractivity contribution is 9.10. The number of hydrazine groups is 1. The topological polar surface area (TPSA) is 38.0 Å². The fourth-order valence-corrected chi connectivity index (χ4v) is 3.14. The second kappa shape index (κ2) is 12.2. The van der Waals surface area contributed by atoms with Gasteiger partial charge in [0.1, 0.15) is 0 Å². The molecular formula is C18H31BrN2. The fourth-order valence-electron chi connectivity index (χ4n) is 2.70. The largest absolute Gasteiger partial charge is 0.271 e. The van der Waals surface area contributed by atoms with Crippen molar-refractivity contribution in [3.05, 3.63) is 34.3 Å². The van der Waals surface area contributed by atoms with Crippen molar-refractivity contribution in [2.45, 2.75) is 77.2 Å². The van der Waals surface area contributed by atoms with Crippen LogP contribution in [0.15, 0.2) is 28.7 Å². The molecule has 0 aromatic heterocycles. The monoisotopic (exact) mass is 354 g/mol. The lowest BCUT2D eigenvalue weighted by molar-refractivity contribution is 0.457. The van der Waals surface area contributed by atoms with Gasteiger partial charge >= 0.3 is 0 Å². The molecule has 1 atom stereocenters. The summed E-state index contributed by atoms with van der Waals surface area (Å²) in [5, 5.41) is 0. The van der Waals surface area contributed by atoms with E-state index < -0.39 is 0 Å². The van der Waals surface area contributed by atoms with E-state index in [2.05, 4.69) is 52.5 Å². The van der Waals surface area contributed by atoms with Gasteiger partial charge in [0, 0.05) is 10.5 Å². The summed E-state index contributed by atoms with van der Waals surface area (Å²) in [6.45, 7) is 2.27. The minimum atomic E-state index is 0.379. The second-order valence-corrected chi connectivity index (χ2v) is 6.78. The predicted octanol–water partition coefficient (Wildman–Crippen LogP) is 5.35. The summed E-state index contributed by atoms with van der Waals surface area (Å²) in [5.41, 5.74) is 4.31. The van der Waals surface area contributed by atoms with E-state index in [1.54, 1.807) is 0 Å². The van der Waals surface area contributed by atoms with Gasteiger partial charge in [0.15, 0.2) is 0 Å². The van der Waals surface area contributed by atoms with Crippen LogP contribution in [0.25, 0.3) is 0 Å². The zero-order chi connectivity index (χ0) is 15.3. The number of nitrogens with one attached hydrogen (secondary N) is 1. The van der Waals surface area contributed by atoms with Crippen LogP contribution in [0.5, 0.6) is 0 Å². The summed E-state index contributed by atoms with van der Waals surface area (Å²) in [5.74, 6) is 5.70. The van der Waals surface area contributed by atoms with Gasteiger partial charge in [0.2, 0.25) is 0 Å². The highest BCUT2D eigenvalue weighted by Crippen LogP contribution is 2.19. The van der Waals surface area contributed by atoms with Crippen LogP contribution in [0, 0.1) is 0 Å². The standard InChI is InChI=1S/C18H31BrN2/c1-2-3-4-5-6-7-8-9-13-17(21-20)15-16-12-10-11-14-18(16)19/h10-12,14,17,21H,2-9,13,15,20H2,1H3. The zero-order valence-electron chi connectivity index (χ0n) is 13.4. The van der Waals surface area contributed by atoms with Gasteiger partial charge < -0.3 is 0 Å². The van der Waals surface area contributed by atoms with E-state index in [9.17, 15) is 0 Å². The quantitative estimate of drug-likeness (QED) is 0.301. The van der Waals surface area contributed by atoms with Crippen molar-refractivity contribution < 1.29 is 0 Å². The molecule has 0 amide bonds. The molecule has 0 saturated heterocycles. The third-order valence-corrected chi connectivity index (χ3v) is 4.84. The molecule has 2 nitrogen and oxygen atoms in total. The average Bonchev–Trinajstić information content (AvgIpc) is 2.50. The van der Waals surface area contributed by atoms with Crippen molar-refractivity contribution in [3.8, 4) is 0 Å². The lowest BCUT2D eigenvalue weighted by Gasteiger charge is -2.16. The maximum absolute atomic E-state index is 5.70. The number of halogens is 1. The van der Waals surface area contributed by atoms with Crippen LogP contribution in [0.3, 0.4) is 0 Å². The summed E-state index contributed by atoms with van der Waals surface area (Å²) in [7, 11) is 0. The second-order valence-electron chi connectivity index (χ2n) is 5.92. The molecule has 1 rings (SSSR count). The Balaban J connectivity index is 2.13. The molecule has 0 spiro atoms. The smallest absolute Gasteiger partial charge is 0.0251 e. The van der Waals surface area contributed by atoms with Gasteiger partial charge in [0.05, 0.1) is 0 Å². The van der Waals surface area contributed by atoms with Crippen LogP contribution in [0.1, 0.15) is 70.3 Å². The normalized spacial score (nSPS) is 12.5. The van der Waals surface area contributed by atoms with Crippen molar-refractivity contribution in [1.29, 1.82) is 0 Å². The molecule has 120 valence electrons. The zero-order valence-corrected chi connectivity index (χ0v) is 15.0. The van der Waals surface area contributed by atoms with Gasteiger partial charge in [-0.2, -0.15) is 0 Å². The SMILES string of the molecule is CCCCCCCCCCC(Cc1ccccc1Br)NN. The molecule has 0 heterocycles. The van der Waals surface area contributed by atoms with Crippen molar-refractivity contribution in [3.63, 3.8) is 0 Å². The van der Waals surface area contributed by atoms with Crippen LogP contribution in [0.2, 0.25) is 0 Å². The maximum Gasteiger partial charge on any atom is 0.0251 e. The van der Waals surface area contributed by atoms with Crippen LogP contribution >= 0.6 is 15.9 Å². The fraction of sp³-hybridized carbons (Fsp3) is 0.667. The van der Waals surface area contributed by atoms with Crippen LogP contribution in [-0.4, -0.2) is 6.04 Å². The van der Waals surface area contributed by atoms with Gasteiger partial charge in [-0.3, -0.25) is 11.3 Å². The third-order valence-electron chi connectivity index (χ3n) is 4.07. The Kier molecular flexibility index (Phi) is 10.8. The maximum atomic E-state index is 5.70. The summed E-state index contributed by atoms with van der Waals surface area (Å²) < 4.78 is 1.18. The summed E-state index contributed by atoms with van der Waals surface area (Å²) >= 11 is 3.61. The van der Waals surface area contributed by atoms with E-state index in [1.807, 2.05) is 0 Å². The van der Waals surface area contributed by atoms with Crippen molar-refractivity contribution >= 4 is 15.9 Å². The molecule has 0 aliphatic rings. The van der Waals surface area contributed by atoms with Crippen molar-refractivity contribution in [1.82, 2.24) is 5.43 Å². The van der Waals surface area contributed by atoms with E-state index in [0.29, 0.717) is 6.04 Å². The van der Waals surface area contributed by atoms with Gasteiger partial charge in [-0.25, -0.2) is 0 Å². The van der Waals surface area contributed by atoms with Crippen molar-refractivity contribution in [2.75, 3.05) is 0 Å². The molecule has 1 aromatic carbocycles. The summed E-state index contributed by atoms with van der Waals surface area (Å²) in [6.07, 6.45) is 13.1. The highest BCUT2D eigenvalue weighted by atomic mass is 79.9. The molecule has 0 fully saturated rings. The van der Waals surface area contributed by atoms with Gasteiger partial charge in [0.25, 0.3) is 0 Å². The molecule has 0 bridgehead atoms. The molecule has 0 saturated carbocycles. The highest BCUT2D eigenvalue weighted by Gasteiger charge is 2.09. The van der Waals surface area contributed by atoms with Crippen LogP contribution < -0.4 is 11.3 Å². The molecule has 0 aliphatic carbocycles. The van der Waals surface area contributed by atoms with E-state index in [4.69, 9.17) is 5.84 Å². The van der Waals surface area contributed by atoms with E-state index >= 15 is 0 Å². The Labute approximate surface area is 139 Å². The molecule has 0 radical (unpaired) electrons. The first kappa shape index (κ1) is 18.7. The minimum absolute atomic E-state index is 0.379. The summed E-state index contributed by atoms with van der Waals surface area (Å²) in [4.78, 5) is 0. The molecule has 0 aliphatic heterocycles. The first-order chi connectivity index (χ1) is 10.3. The number of hydrogen-bond acceptors (Lipinski definition) is 2. The van der Waals surface area contributed by atoms with Crippen LogP contribution in [0.4, 0.5) is 0 Å². The number of unbranched alkanes of at least 4 members (excludes halogenated alkanes) is 7. The molecule has 1 aromatic rings. The number of rotatable bonds is 12.